The molecule has 4 heteroatoms. The number of hydrogen-bond donors (Lipinski definition) is 1. The van der Waals surface area contributed by atoms with Crippen molar-refractivity contribution >= 4 is 6.09 Å². The van der Waals surface area contributed by atoms with E-state index in [1.54, 1.807) is 12.2 Å². The molecule has 0 radical (unpaired) electrons. The second-order valence-electron chi connectivity index (χ2n) is 5.49. The largest absolute Gasteiger partial charge is 0.444 e. The molecule has 0 aromatic carbocycles. The van der Waals surface area contributed by atoms with Gasteiger partial charge in [0.15, 0.2) is 0 Å². The van der Waals surface area contributed by atoms with Crippen LogP contribution >= 0.6 is 0 Å². The first kappa shape index (κ1) is 17.7. The molecule has 1 amide bonds. The van der Waals surface area contributed by atoms with Crippen LogP contribution in [0.5, 0.6) is 0 Å². The molecule has 2 atom stereocenters. The number of amides is 1. The van der Waals surface area contributed by atoms with Crippen LogP contribution in [0.25, 0.3) is 0 Å². The summed E-state index contributed by atoms with van der Waals surface area (Å²) in [4.78, 5) is 13.7. The molecule has 0 aromatic heterocycles. The molecule has 0 spiro atoms. The van der Waals surface area contributed by atoms with E-state index in [0.29, 0.717) is 19.4 Å². The fourth-order valence-corrected chi connectivity index (χ4v) is 1.74. The Morgan fingerprint density at radius 3 is 2.32 bits per heavy atom. The molecule has 0 aliphatic heterocycles. The van der Waals surface area contributed by atoms with Crippen molar-refractivity contribution in [1.29, 1.82) is 0 Å². The second kappa shape index (κ2) is 8.00. The van der Waals surface area contributed by atoms with Crippen LogP contribution in [0.2, 0.25) is 0 Å². The Hall–Kier alpha value is -1.29. The summed E-state index contributed by atoms with van der Waals surface area (Å²) in [5, 5.41) is 10.1. The van der Waals surface area contributed by atoms with Gasteiger partial charge in [-0.05, 0) is 33.6 Å². The number of aliphatic hydroxyl groups excluding tert-OH is 1. The van der Waals surface area contributed by atoms with Gasteiger partial charge in [-0.1, -0.05) is 19.1 Å². The average Bonchev–Trinajstić information content (AvgIpc) is 2.30. The molecule has 0 aromatic rings. The van der Waals surface area contributed by atoms with Gasteiger partial charge in [0.05, 0.1) is 12.1 Å². The Morgan fingerprint density at radius 1 is 1.37 bits per heavy atom. The molecule has 0 aliphatic rings. The molecular weight excluding hydrogens is 242 g/mol. The number of carbonyl (C=O) groups excluding carboxylic acids is 1. The van der Waals surface area contributed by atoms with Crippen molar-refractivity contribution in [3.8, 4) is 0 Å². The van der Waals surface area contributed by atoms with Gasteiger partial charge in [0, 0.05) is 6.54 Å². The molecule has 0 rings (SSSR count). The smallest absolute Gasteiger partial charge is 0.410 e. The summed E-state index contributed by atoms with van der Waals surface area (Å²) >= 11 is 0. The Labute approximate surface area is 116 Å². The lowest BCUT2D eigenvalue weighted by atomic mass is 10.0. The Balaban J connectivity index is 5.06. The van der Waals surface area contributed by atoms with E-state index in [-0.39, 0.29) is 6.04 Å². The highest BCUT2D eigenvalue weighted by Gasteiger charge is 2.30. The van der Waals surface area contributed by atoms with Crippen molar-refractivity contribution in [2.75, 3.05) is 6.54 Å². The van der Waals surface area contributed by atoms with E-state index in [1.165, 1.54) is 4.90 Å². The molecule has 4 nitrogen and oxygen atoms in total. The Bertz CT molecular complexity index is 307. The van der Waals surface area contributed by atoms with Gasteiger partial charge < -0.3 is 9.84 Å². The second-order valence-corrected chi connectivity index (χ2v) is 5.49. The summed E-state index contributed by atoms with van der Waals surface area (Å²) in [5.74, 6) is 0. The van der Waals surface area contributed by atoms with Crippen molar-refractivity contribution in [3.05, 3.63) is 25.3 Å². The minimum absolute atomic E-state index is 0.338. The molecule has 1 N–H and O–H groups in total. The summed E-state index contributed by atoms with van der Waals surface area (Å²) < 4.78 is 5.37. The number of rotatable bonds is 7. The van der Waals surface area contributed by atoms with Crippen LogP contribution in [0.15, 0.2) is 25.3 Å². The van der Waals surface area contributed by atoms with Gasteiger partial charge in [-0.15, -0.1) is 13.2 Å². The van der Waals surface area contributed by atoms with Crippen LogP contribution in [0.1, 0.15) is 40.5 Å². The highest BCUT2D eigenvalue weighted by atomic mass is 16.6. The fourth-order valence-electron chi connectivity index (χ4n) is 1.74. The first-order valence-corrected chi connectivity index (χ1v) is 6.66. The van der Waals surface area contributed by atoms with E-state index in [0.717, 1.165) is 0 Å². The quantitative estimate of drug-likeness (QED) is 0.722. The number of hydrogen-bond acceptors (Lipinski definition) is 3. The van der Waals surface area contributed by atoms with Crippen molar-refractivity contribution in [2.45, 2.75) is 58.3 Å². The van der Waals surface area contributed by atoms with Gasteiger partial charge >= 0.3 is 6.09 Å². The van der Waals surface area contributed by atoms with E-state index in [4.69, 9.17) is 4.74 Å². The standard InChI is InChI=1S/C15H27NO3/c1-7-10-12(13(17)9-3)16(11-8-2)14(18)19-15(4,5)6/h7-8,12-13,17H,1-2,9-11H2,3-6H3/t12-,13-/m1/s1. The molecule has 0 aliphatic carbocycles. The minimum atomic E-state index is -0.606. The number of carbonyl (C=O) groups is 1. The van der Waals surface area contributed by atoms with Gasteiger partial charge in [0.1, 0.15) is 5.60 Å². The monoisotopic (exact) mass is 269 g/mol. The molecule has 19 heavy (non-hydrogen) atoms. The summed E-state index contributed by atoms with van der Waals surface area (Å²) in [6, 6.07) is -0.338. The maximum atomic E-state index is 12.2. The normalized spacial score (nSPS) is 14.4. The van der Waals surface area contributed by atoms with Gasteiger partial charge in [-0.2, -0.15) is 0 Å². The lowest BCUT2D eigenvalue weighted by Crippen LogP contribution is -2.48. The van der Waals surface area contributed by atoms with Crippen LogP contribution in [-0.2, 0) is 4.74 Å². The molecule has 110 valence electrons. The zero-order valence-electron chi connectivity index (χ0n) is 12.6. The van der Waals surface area contributed by atoms with Crippen molar-refractivity contribution in [1.82, 2.24) is 4.90 Å². The van der Waals surface area contributed by atoms with Gasteiger partial charge in [0.2, 0.25) is 0 Å². The predicted molar refractivity (Wildman–Crippen MR) is 78.0 cm³/mol. The van der Waals surface area contributed by atoms with Gasteiger partial charge in [0.25, 0.3) is 0 Å². The number of ether oxygens (including phenoxy) is 1. The summed E-state index contributed by atoms with van der Waals surface area (Å²) in [5.41, 5.74) is -0.563. The minimum Gasteiger partial charge on any atom is -0.444 e. The first-order valence-electron chi connectivity index (χ1n) is 6.66. The summed E-state index contributed by atoms with van der Waals surface area (Å²) in [6.45, 7) is 15.0. The molecule has 0 fully saturated rings. The van der Waals surface area contributed by atoms with Crippen LogP contribution in [-0.4, -0.2) is 40.4 Å². The zero-order valence-corrected chi connectivity index (χ0v) is 12.6. The summed E-state index contributed by atoms with van der Waals surface area (Å²) in [6.07, 6.45) is 3.36. The van der Waals surface area contributed by atoms with Crippen LogP contribution in [0, 0.1) is 0 Å². The maximum absolute atomic E-state index is 12.2. The molecular formula is C15H27NO3. The molecule has 0 saturated carbocycles. The van der Waals surface area contributed by atoms with Gasteiger partial charge in [-0.25, -0.2) is 4.79 Å². The number of nitrogens with zero attached hydrogens (tertiary/aromatic N) is 1. The van der Waals surface area contributed by atoms with E-state index >= 15 is 0 Å². The van der Waals surface area contributed by atoms with E-state index < -0.39 is 17.8 Å². The van der Waals surface area contributed by atoms with E-state index in [1.807, 2.05) is 27.7 Å². The average molecular weight is 269 g/mol. The Morgan fingerprint density at radius 2 is 1.95 bits per heavy atom. The van der Waals surface area contributed by atoms with E-state index in [2.05, 4.69) is 13.2 Å². The van der Waals surface area contributed by atoms with Crippen LogP contribution in [0.3, 0.4) is 0 Å². The van der Waals surface area contributed by atoms with Crippen molar-refractivity contribution < 1.29 is 14.6 Å². The third-order valence-electron chi connectivity index (χ3n) is 2.62. The maximum Gasteiger partial charge on any atom is 0.410 e. The third kappa shape index (κ3) is 6.43. The lowest BCUT2D eigenvalue weighted by molar-refractivity contribution is -0.00251. The van der Waals surface area contributed by atoms with E-state index in [9.17, 15) is 9.90 Å². The SMILES string of the molecule is C=CC[C@H]([C@H](O)CC)N(CC=C)C(=O)OC(C)(C)C. The van der Waals surface area contributed by atoms with Crippen molar-refractivity contribution in [3.63, 3.8) is 0 Å². The highest BCUT2D eigenvalue weighted by molar-refractivity contribution is 5.69. The Kier molecular flexibility index (Phi) is 7.45. The predicted octanol–water partition coefficient (Wildman–Crippen LogP) is 3.13. The summed E-state index contributed by atoms with van der Waals surface area (Å²) in [7, 11) is 0. The van der Waals surface area contributed by atoms with Gasteiger partial charge in [-0.3, -0.25) is 4.90 Å². The lowest BCUT2D eigenvalue weighted by Gasteiger charge is -2.34. The fraction of sp³-hybridized carbons (Fsp3) is 0.667. The van der Waals surface area contributed by atoms with Crippen LogP contribution < -0.4 is 0 Å². The van der Waals surface area contributed by atoms with Crippen molar-refractivity contribution in [2.24, 2.45) is 0 Å². The molecule has 0 saturated heterocycles. The highest BCUT2D eigenvalue weighted by Crippen LogP contribution is 2.17. The van der Waals surface area contributed by atoms with Crippen LogP contribution in [0.4, 0.5) is 4.79 Å². The number of aliphatic hydroxyl groups is 1. The third-order valence-corrected chi connectivity index (χ3v) is 2.62. The first-order chi connectivity index (χ1) is 8.76. The molecule has 0 heterocycles. The molecule has 0 unspecified atom stereocenters. The zero-order chi connectivity index (χ0) is 15.1. The topological polar surface area (TPSA) is 49.8 Å². The molecule has 0 bridgehead atoms.